The van der Waals surface area contributed by atoms with Gasteiger partial charge in [0.2, 0.25) is 0 Å². The third kappa shape index (κ3) is 6.82. The number of aliphatic carboxylic acids is 1. The van der Waals surface area contributed by atoms with Crippen molar-refractivity contribution in [3.63, 3.8) is 0 Å². The standard InChI is InChI=1S/C12H25O10P/c1-3-5-12(11(16)17,21-6-4-2)10(15)9(14)8(13)7-22-23(18,19)20/h8-10,13-15H,3-7H2,1-2H3,(H,16,17)(H2,18,19,20)/t8?,9?,10?,12-/m1/s1. The lowest BCUT2D eigenvalue weighted by Crippen LogP contribution is -2.59. The van der Waals surface area contributed by atoms with Crippen molar-refractivity contribution in [2.75, 3.05) is 13.2 Å². The molecule has 6 N–H and O–H groups in total. The van der Waals surface area contributed by atoms with E-state index < -0.39 is 44.3 Å². The van der Waals surface area contributed by atoms with Crippen molar-refractivity contribution in [1.82, 2.24) is 0 Å². The van der Waals surface area contributed by atoms with E-state index in [1.165, 1.54) is 0 Å². The first-order valence-corrected chi connectivity index (χ1v) is 8.66. The van der Waals surface area contributed by atoms with Crippen molar-refractivity contribution in [2.45, 2.75) is 57.0 Å². The Morgan fingerprint density at radius 3 is 2.13 bits per heavy atom. The highest BCUT2D eigenvalue weighted by Crippen LogP contribution is 2.36. The summed E-state index contributed by atoms with van der Waals surface area (Å²) in [7, 11) is -4.88. The second-order valence-corrected chi connectivity index (χ2v) is 6.32. The zero-order valence-corrected chi connectivity index (χ0v) is 13.9. The molecular formula is C12H25O10P. The number of carbonyl (C=O) groups is 1. The molecule has 0 aliphatic heterocycles. The van der Waals surface area contributed by atoms with E-state index in [9.17, 15) is 29.8 Å². The number of aliphatic hydroxyl groups is 3. The number of hydrogen-bond donors (Lipinski definition) is 6. The molecule has 0 radical (unpaired) electrons. The molecular weight excluding hydrogens is 335 g/mol. The van der Waals surface area contributed by atoms with Crippen LogP contribution in [0.2, 0.25) is 0 Å². The Hall–Kier alpha value is -0.580. The Kier molecular flexibility index (Phi) is 9.41. The van der Waals surface area contributed by atoms with Gasteiger partial charge in [-0.05, 0) is 12.8 Å². The van der Waals surface area contributed by atoms with E-state index in [4.69, 9.17) is 14.5 Å². The van der Waals surface area contributed by atoms with Gasteiger partial charge in [0.1, 0.15) is 18.3 Å². The Morgan fingerprint density at radius 1 is 1.17 bits per heavy atom. The molecule has 10 nitrogen and oxygen atoms in total. The second kappa shape index (κ2) is 9.65. The van der Waals surface area contributed by atoms with Gasteiger partial charge >= 0.3 is 13.8 Å². The maximum Gasteiger partial charge on any atom is 0.469 e. The molecule has 0 saturated carbocycles. The van der Waals surface area contributed by atoms with Crippen LogP contribution in [0, 0.1) is 0 Å². The summed E-state index contributed by atoms with van der Waals surface area (Å²) in [5, 5.41) is 39.2. The van der Waals surface area contributed by atoms with Gasteiger partial charge in [0, 0.05) is 6.61 Å². The summed E-state index contributed by atoms with van der Waals surface area (Å²) >= 11 is 0. The minimum atomic E-state index is -4.88. The van der Waals surface area contributed by atoms with Crippen LogP contribution in [-0.2, 0) is 18.6 Å². The number of ether oxygens (including phenoxy) is 1. The quantitative estimate of drug-likeness (QED) is 0.242. The lowest BCUT2D eigenvalue weighted by molar-refractivity contribution is -0.206. The number of rotatable bonds is 12. The summed E-state index contributed by atoms with van der Waals surface area (Å²) in [6.45, 7) is 2.40. The molecule has 11 heteroatoms. The SMILES string of the molecule is CCCO[C@@](CCC)(C(=O)O)C(O)C(O)C(O)COP(=O)(O)O. The first kappa shape index (κ1) is 22.4. The van der Waals surface area contributed by atoms with Crippen molar-refractivity contribution in [1.29, 1.82) is 0 Å². The van der Waals surface area contributed by atoms with Crippen molar-refractivity contribution in [3.8, 4) is 0 Å². The van der Waals surface area contributed by atoms with Gasteiger partial charge in [-0.1, -0.05) is 20.3 Å². The van der Waals surface area contributed by atoms with Crippen LogP contribution in [0.25, 0.3) is 0 Å². The van der Waals surface area contributed by atoms with Gasteiger partial charge in [-0.15, -0.1) is 0 Å². The van der Waals surface area contributed by atoms with E-state index in [0.29, 0.717) is 12.8 Å². The lowest BCUT2D eigenvalue weighted by atomic mass is 9.86. The van der Waals surface area contributed by atoms with E-state index >= 15 is 0 Å². The van der Waals surface area contributed by atoms with Crippen LogP contribution in [0.5, 0.6) is 0 Å². The van der Waals surface area contributed by atoms with Crippen LogP contribution >= 0.6 is 7.82 Å². The van der Waals surface area contributed by atoms with E-state index in [0.717, 1.165) is 0 Å². The van der Waals surface area contributed by atoms with Crippen molar-refractivity contribution < 1.29 is 48.8 Å². The number of aliphatic hydroxyl groups excluding tert-OH is 3. The fourth-order valence-corrected chi connectivity index (χ4v) is 2.36. The first-order chi connectivity index (χ1) is 10.5. The molecule has 0 amide bonds. The van der Waals surface area contributed by atoms with E-state index in [-0.39, 0.29) is 13.0 Å². The normalized spacial score (nSPS) is 18.9. The third-order valence-corrected chi connectivity index (χ3v) is 3.64. The Labute approximate surface area is 133 Å². The van der Waals surface area contributed by atoms with E-state index in [1.54, 1.807) is 13.8 Å². The highest BCUT2D eigenvalue weighted by Gasteiger charge is 2.50. The Balaban J connectivity index is 5.20. The van der Waals surface area contributed by atoms with Gasteiger partial charge in [-0.25, -0.2) is 9.36 Å². The van der Waals surface area contributed by atoms with Gasteiger partial charge in [-0.2, -0.15) is 0 Å². The molecule has 23 heavy (non-hydrogen) atoms. The molecule has 0 aromatic carbocycles. The molecule has 0 aliphatic rings. The fourth-order valence-electron chi connectivity index (χ4n) is 2.01. The molecule has 138 valence electrons. The molecule has 0 rings (SSSR count). The largest absolute Gasteiger partial charge is 0.479 e. The number of carboxylic acids is 1. The first-order valence-electron chi connectivity index (χ1n) is 7.13. The molecule has 0 fully saturated rings. The zero-order chi connectivity index (χ0) is 18.3. The topological polar surface area (TPSA) is 174 Å². The number of hydrogen-bond acceptors (Lipinski definition) is 7. The predicted octanol–water partition coefficient (Wildman–Crippen LogP) is -0.772. The molecule has 0 spiro atoms. The minimum Gasteiger partial charge on any atom is -0.479 e. The average Bonchev–Trinajstić information content (AvgIpc) is 2.46. The number of phosphoric acid groups is 1. The van der Waals surface area contributed by atoms with Gasteiger partial charge in [0.15, 0.2) is 5.60 Å². The van der Waals surface area contributed by atoms with Gasteiger partial charge in [0.05, 0.1) is 6.61 Å². The predicted molar refractivity (Wildman–Crippen MR) is 77.5 cm³/mol. The van der Waals surface area contributed by atoms with Crippen LogP contribution in [-0.4, -0.2) is 73.3 Å². The second-order valence-electron chi connectivity index (χ2n) is 5.08. The van der Waals surface area contributed by atoms with Crippen LogP contribution in [0.3, 0.4) is 0 Å². The summed E-state index contributed by atoms with van der Waals surface area (Å²) in [6.07, 6.45) is -5.34. The molecule has 0 bridgehead atoms. The fraction of sp³-hybridized carbons (Fsp3) is 0.917. The van der Waals surface area contributed by atoms with Crippen LogP contribution in [0.15, 0.2) is 0 Å². The molecule has 0 aromatic rings. The van der Waals surface area contributed by atoms with Gasteiger partial charge in [-0.3, -0.25) is 4.52 Å². The minimum absolute atomic E-state index is 0.00512. The Bertz CT molecular complexity index is 411. The highest BCUT2D eigenvalue weighted by atomic mass is 31.2. The summed E-state index contributed by atoms with van der Waals surface area (Å²) in [5.74, 6) is -1.51. The van der Waals surface area contributed by atoms with Crippen molar-refractivity contribution in [2.24, 2.45) is 0 Å². The Morgan fingerprint density at radius 2 is 1.74 bits per heavy atom. The molecule has 0 saturated heterocycles. The summed E-state index contributed by atoms with van der Waals surface area (Å²) in [4.78, 5) is 28.7. The maximum atomic E-state index is 11.6. The van der Waals surface area contributed by atoms with Crippen LogP contribution < -0.4 is 0 Å². The van der Waals surface area contributed by atoms with E-state index in [1.807, 2.05) is 0 Å². The molecule has 4 atom stereocenters. The molecule has 0 heterocycles. The van der Waals surface area contributed by atoms with Crippen LogP contribution in [0.4, 0.5) is 0 Å². The van der Waals surface area contributed by atoms with E-state index in [2.05, 4.69) is 4.52 Å². The molecule has 0 aliphatic carbocycles. The lowest BCUT2D eigenvalue weighted by Gasteiger charge is -2.37. The number of carboxylic acid groups (broad SMARTS) is 1. The average molecular weight is 360 g/mol. The highest BCUT2D eigenvalue weighted by molar-refractivity contribution is 7.46. The third-order valence-electron chi connectivity index (χ3n) is 3.16. The van der Waals surface area contributed by atoms with Crippen molar-refractivity contribution in [3.05, 3.63) is 0 Å². The summed E-state index contributed by atoms with van der Waals surface area (Å²) < 4.78 is 19.9. The summed E-state index contributed by atoms with van der Waals surface area (Å²) in [6, 6.07) is 0. The maximum absolute atomic E-state index is 11.6. The molecule has 0 aromatic heterocycles. The summed E-state index contributed by atoms with van der Waals surface area (Å²) in [5.41, 5.74) is -2.15. The smallest absolute Gasteiger partial charge is 0.469 e. The van der Waals surface area contributed by atoms with Crippen LogP contribution in [0.1, 0.15) is 33.1 Å². The van der Waals surface area contributed by atoms with Crippen molar-refractivity contribution >= 4 is 13.8 Å². The van der Waals surface area contributed by atoms with Gasteiger partial charge in [0.25, 0.3) is 0 Å². The number of phosphoric ester groups is 1. The van der Waals surface area contributed by atoms with Gasteiger partial charge < -0.3 is 34.9 Å². The monoisotopic (exact) mass is 360 g/mol. The molecule has 3 unspecified atom stereocenters. The zero-order valence-electron chi connectivity index (χ0n) is 13.0.